The number of carbonyl (C=O) groups excluding carboxylic acids is 1. The van der Waals surface area contributed by atoms with E-state index < -0.39 is 5.91 Å². The fourth-order valence-corrected chi connectivity index (χ4v) is 2.04. The largest absolute Gasteiger partial charge is 0.508 e. The third kappa shape index (κ3) is 5.31. The van der Waals surface area contributed by atoms with Crippen molar-refractivity contribution in [1.82, 2.24) is 5.43 Å². The number of phenols is 2. The van der Waals surface area contributed by atoms with Crippen molar-refractivity contribution in [1.29, 1.82) is 0 Å². The van der Waals surface area contributed by atoms with Gasteiger partial charge >= 0.3 is 0 Å². The van der Waals surface area contributed by atoms with Crippen molar-refractivity contribution in [2.45, 2.75) is 19.8 Å². The number of phenolic OH excluding ortho intramolecular Hbond substituents is 2. The predicted molar refractivity (Wildman–Crippen MR) is 91.4 cm³/mol. The summed E-state index contributed by atoms with van der Waals surface area (Å²) in [7, 11) is 0. The van der Waals surface area contributed by atoms with E-state index in [0.717, 1.165) is 12.8 Å². The van der Waals surface area contributed by atoms with E-state index in [4.69, 9.17) is 4.74 Å². The minimum atomic E-state index is -0.415. The molecule has 0 spiro atoms. The Hall–Kier alpha value is -3.02. The number of hydrazone groups is 1. The van der Waals surface area contributed by atoms with Crippen LogP contribution in [0.15, 0.2) is 47.6 Å². The van der Waals surface area contributed by atoms with E-state index in [9.17, 15) is 15.0 Å². The Bertz CT molecular complexity index is 711. The second-order valence-corrected chi connectivity index (χ2v) is 5.22. The molecule has 0 aromatic heterocycles. The zero-order chi connectivity index (χ0) is 17.4. The molecule has 0 atom stereocenters. The van der Waals surface area contributed by atoms with Crippen LogP contribution in [-0.2, 0) is 11.2 Å². The molecule has 0 aliphatic rings. The van der Waals surface area contributed by atoms with E-state index in [0.29, 0.717) is 11.3 Å². The summed E-state index contributed by atoms with van der Waals surface area (Å²) in [5, 5.41) is 22.5. The SMILES string of the molecule is CCCc1ccc(OCC(=O)NN=Cc2ccc(O)cc2O)cc1. The lowest BCUT2D eigenvalue weighted by Gasteiger charge is -2.06. The molecule has 2 rings (SSSR count). The first-order valence-electron chi connectivity index (χ1n) is 7.64. The first kappa shape index (κ1) is 17.3. The average Bonchev–Trinajstić information content (AvgIpc) is 2.56. The minimum Gasteiger partial charge on any atom is -0.508 e. The number of aryl methyl sites for hydroxylation is 1. The lowest BCUT2D eigenvalue weighted by Crippen LogP contribution is -2.24. The van der Waals surface area contributed by atoms with Crippen LogP contribution in [0.5, 0.6) is 17.2 Å². The van der Waals surface area contributed by atoms with Gasteiger partial charge in [0, 0.05) is 11.6 Å². The normalized spacial score (nSPS) is 10.7. The first-order chi connectivity index (χ1) is 11.6. The van der Waals surface area contributed by atoms with E-state index in [1.54, 1.807) is 0 Å². The molecule has 0 bridgehead atoms. The third-order valence-corrected chi connectivity index (χ3v) is 3.24. The van der Waals surface area contributed by atoms with Gasteiger partial charge in [0.2, 0.25) is 0 Å². The van der Waals surface area contributed by atoms with Crippen molar-refractivity contribution >= 4 is 12.1 Å². The predicted octanol–water partition coefficient (Wildman–Crippen LogP) is 2.58. The number of aromatic hydroxyl groups is 2. The summed E-state index contributed by atoms with van der Waals surface area (Å²) in [6, 6.07) is 11.7. The molecule has 0 fully saturated rings. The standard InChI is InChI=1S/C18H20N2O4/c1-2-3-13-4-8-16(9-5-13)24-12-18(23)20-19-11-14-6-7-15(21)10-17(14)22/h4-11,21-22H,2-3,12H2,1H3,(H,20,23). The van der Waals surface area contributed by atoms with Gasteiger partial charge in [-0.1, -0.05) is 25.5 Å². The van der Waals surface area contributed by atoms with Crippen molar-refractivity contribution in [3.63, 3.8) is 0 Å². The van der Waals surface area contributed by atoms with Crippen LogP contribution in [0.3, 0.4) is 0 Å². The fourth-order valence-electron chi connectivity index (χ4n) is 2.04. The molecular formula is C18H20N2O4. The van der Waals surface area contributed by atoms with Crippen molar-refractivity contribution in [2.75, 3.05) is 6.61 Å². The molecule has 24 heavy (non-hydrogen) atoms. The Balaban J connectivity index is 1.79. The number of carbonyl (C=O) groups is 1. The molecule has 6 nitrogen and oxygen atoms in total. The lowest BCUT2D eigenvalue weighted by molar-refractivity contribution is -0.123. The zero-order valence-corrected chi connectivity index (χ0v) is 13.4. The molecule has 0 aliphatic heterocycles. The highest BCUT2D eigenvalue weighted by atomic mass is 16.5. The highest BCUT2D eigenvalue weighted by molar-refractivity contribution is 5.85. The van der Waals surface area contributed by atoms with Gasteiger partial charge in [0.15, 0.2) is 6.61 Å². The fraction of sp³-hybridized carbons (Fsp3) is 0.222. The molecule has 0 radical (unpaired) electrons. The van der Waals surface area contributed by atoms with Gasteiger partial charge in [0.1, 0.15) is 17.2 Å². The van der Waals surface area contributed by atoms with Crippen molar-refractivity contribution in [2.24, 2.45) is 5.10 Å². The van der Waals surface area contributed by atoms with Crippen LogP contribution in [0.1, 0.15) is 24.5 Å². The summed E-state index contributed by atoms with van der Waals surface area (Å²) >= 11 is 0. The molecule has 1 amide bonds. The maximum atomic E-state index is 11.7. The summed E-state index contributed by atoms with van der Waals surface area (Å²) in [6.07, 6.45) is 3.38. The van der Waals surface area contributed by atoms with Crippen LogP contribution in [0.25, 0.3) is 0 Å². The summed E-state index contributed by atoms with van der Waals surface area (Å²) in [5.74, 6) is 0.0239. The number of hydrogen-bond donors (Lipinski definition) is 3. The molecule has 0 saturated heterocycles. The van der Waals surface area contributed by atoms with E-state index in [-0.39, 0.29) is 18.1 Å². The average molecular weight is 328 g/mol. The number of nitrogens with zero attached hydrogens (tertiary/aromatic N) is 1. The Labute approximate surface area is 140 Å². The van der Waals surface area contributed by atoms with Gasteiger partial charge in [-0.2, -0.15) is 5.10 Å². The van der Waals surface area contributed by atoms with Gasteiger partial charge in [0.05, 0.1) is 6.21 Å². The number of rotatable bonds is 7. The van der Waals surface area contributed by atoms with Crippen LogP contribution in [-0.4, -0.2) is 28.9 Å². The number of nitrogens with one attached hydrogen (secondary N) is 1. The number of benzene rings is 2. The summed E-state index contributed by atoms with van der Waals surface area (Å²) in [6.45, 7) is 1.96. The van der Waals surface area contributed by atoms with E-state index in [1.165, 1.54) is 30.0 Å². The maximum absolute atomic E-state index is 11.7. The Kier molecular flexibility index (Phi) is 6.19. The van der Waals surface area contributed by atoms with Crippen LogP contribution >= 0.6 is 0 Å². The Morgan fingerprint density at radius 2 is 1.96 bits per heavy atom. The van der Waals surface area contributed by atoms with Crippen LogP contribution in [0, 0.1) is 0 Å². The molecule has 2 aromatic carbocycles. The van der Waals surface area contributed by atoms with Gasteiger partial charge in [-0.3, -0.25) is 4.79 Å². The molecule has 3 N–H and O–H groups in total. The third-order valence-electron chi connectivity index (χ3n) is 3.24. The Morgan fingerprint density at radius 3 is 2.62 bits per heavy atom. The van der Waals surface area contributed by atoms with Gasteiger partial charge < -0.3 is 14.9 Å². The molecule has 0 saturated carbocycles. The van der Waals surface area contributed by atoms with E-state index in [2.05, 4.69) is 17.5 Å². The van der Waals surface area contributed by atoms with E-state index in [1.807, 2.05) is 24.3 Å². The summed E-state index contributed by atoms with van der Waals surface area (Å²) < 4.78 is 5.37. The van der Waals surface area contributed by atoms with Crippen molar-refractivity contribution < 1.29 is 19.7 Å². The topological polar surface area (TPSA) is 91.2 Å². The molecular weight excluding hydrogens is 308 g/mol. The van der Waals surface area contributed by atoms with Gasteiger partial charge in [-0.05, 0) is 36.2 Å². The summed E-state index contributed by atoms with van der Waals surface area (Å²) in [5.41, 5.74) is 3.91. The quantitative estimate of drug-likeness (QED) is 0.538. The number of ether oxygens (including phenoxy) is 1. The van der Waals surface area contributed by atoms with E-state index >= 15 is 0 Å². The second-order valence-electron chi connectivity index (χ2n) is 5.22. The molecule has 6 heteroatoms. The molecule has 0 heterocycles. The smallest absolute Gasteiger partial charge is 0.277 e. The monoisotopic (exact) mass is 328 g/mol. The van der Waals surface area contributed by atoms with Crippen LogP contribution in [0.2, 0.25) is 0 Å². The van der Waals surface area contributed by atoms with Gasteiger partial charge in [-0.25, -0.2) is 5.43 Å². The minimum absolute atomic E-state index is 0.0490. The van der Waals surface area contributed by atoms with Crippen LogP contribution < -0.4 is 10.2 Å². The lowest BCUT2D eigenvalue weighted by atomic mass is 10.1. The number of amides is 1. The first-order valence-corrected chi connectivity index (χ1v) is 7.64. The van der Waals surface area contributed by atoms with Gasteiger partial charge in [-0.15, -0.1) is 0 Å². The summed E-state index contributed by atoms with van der Waals surface area (Å²) in [4.78, 5) is 11.7. The highest BCUT2D eigenvalue weighted by Crippen LogP contribution is 2.20. The number of hydrogen-bond acceptors (Lipinski definition) is 5. The molecule has 2 aromatic rings. The van der Waals surface area contributed by atoms with Crippen molar-refractivity contribution in [3.05, 3.63) is 53.6 Å². The second kappa shape index (κ2) is 8.57. The highest BCUT2D eigenvalue weighted by Gasteiger charge is 2.03. The van der Waals surface area contributed by atoms with Crippen LogP contribution in [0.4, 0.5) is 0 Å². The van der Waals surface area contributed by atoms with Gasteiger partial charge in [0.25, 0.3) is 5.91 Å². The molecule has 0 aliphatic carbocycles. The maximum Gasteiger partial charge on any atom is 0.277 e. The van der Waals surface area contributed by atoms with Crippen molar-refractivity contribution in [3.8, 4) is 17.2 Å². The molecule has 126 valence electrons. The molecule has 0 unspecified atom stereocenters. The zero-order valence-electron chi connectivity index (χ0n) is 13.4. The Morgan fingerprint density at radius 1 is 1.21 bits per heavy atom.